The van der Waals surface area contributed by atoms with Crippen molar-refractivity contribution in [3.05, 3.63) is 0 Å². The molecule has 0 aromatic heterocycles. The van der Waals surface area contributed by atoms with Gasteiger partial charge in [-0.05, 0) is 19.4 Å². The van der Waals surface area contributed by atoms with Gasteiger partial charge in [0.25, 0.3) is 0 Å². The van der Waals surface area contributed by atoms with Gasteiger partial charge in [0.15, 0.2) is 6.29 Å². The van der Waals surface area contributed by atoms with Crippen molar-refractivity contribution in [1.29, 1.82) is 0 Å². The van der Waals surface area contributed by atoms with Gasteiger partial charge in [-0.2, -0.15) is 0 Å². The highest BCUT2D eigenvalue weighted by Gasteiger charge is 2.49. The summed E-state index contributed by atoms with van der Waals surface area (Å²) in [5.74, 6) is -0.757. The fraction of sp³-hybridized carbons (Fsp3) is 0.938. The Hall–Kier alpha value is -0.970. The molecule has 11 atom stereocenters. The van der Waals surface area contributed by atoms with Crippen molar-refractivity contribution < 1.29 is 44.9 Å². The highest BCUT2D eigenvalue weighted by Crippen LogP contribution is 2.28. The monoisotopic (exact) mass is 424 g/mol. The van der Waals surface area contributed by atoms with Crippen LogP contribution < -0.4 is 22.5 Å². The third-order valence-electron chi connectivity index (χ3n) is 5.31. The summed E-state index contributed by atoms with van der Waals surface area (Å²) in [7, 11) is 0. The normalized spacial score (nSPS) is 44.3. The number of hydrogen-bond donors (Lipinski definition) is 10. The third kappa shape index (κ3) is 5.39. The second-order valence-corrected chi connectivity index (χ2v) is 7.44. The Kier molecular flexibility index (Phi) is 8.69. The number of nitrogens with one attached hydrogen (secondary N) is 1. The van der Waals surface area contributed by atoms with Crippen molar-refractivity contribution in [3.63, 3.8) is 0 Å². The number of carbonyl (C=O) groups excluding carboxylic acids is 1. The maximum Gasteiger partial charge on any atom is 0.249 e. The molecule has 1 aliphatic heterocycles. The average Bonchev–Trinajstić information content (AvgIpc) is 2.69. The molecule has 2 aliphatic rings. The Labute approximate surface area is 167 Å². The topological polar surface area (TPSA) is 247 Å². The van der Waals surface area contributed by atoms with Crippen LogP contribution in [0, 0.1) is 0 Å². The number of aliphatic hydroxyl groups is 6. The summed E-state index contributed by atoms with van der Waals surface area (Å²) in [4.78, 5) is 11.9. The molecule has 2 fully saturated rings. The molecule has 0 spiro atoms. The summed E-state index contributed by atoms with van der Waals surface area (Å²) in [5.41, 5.74) is 16.8. The average molecular weight is 424 g/mol. The van der Waals surface area contributed by atoms with Crippen molar-refractivity contribution in [3.8, 4) is 0 Å². The fourth-order valence-electron chi connectivity index (χ4n) is 3.52. The minimum atomic E-state index is -1.65. The molecule has 0 radical (unpaired) electrons. The first-order valence-electron chi connectivity index (χ1n) is 9.47. The Morgan fingerprint density at radius 1 is 1.07 bits per heavy atom. The van der Waals surface area contributed by atoms with Crippen LogP contribution in [0.1, 0.15) is 12.8 Å². The standard InChI is InChI=1S/C16H32N4O9/c17-2-1-7(21)15(27)20-6-3-5(19)14(12(25)9(6)22)29-16-13(26)11(24)10(23)8(4-18)28-16/h5-14,16,21-26H,1-4,17-19H2,(H,20,27)/t5-,6+,7-,8?,9-,10+,11?,12+,13?,14+,16-/m0/s1. The maximum absolute atomic E-state index is 11.9. The zero-order chi connectivity index (χ0) is 21.9. The van der Waals surface area contributed by atoms with E-state index in [0.29, 0.717) is 0 Å². The van der Waals surface area contributed by atoms with Gasteiger partial charge in [-0.1, -0.05) is 0 Å². The lowest BCUT2D eigenvalue weighted by Crippen LogP contribution is -2.67. The number of nitrogens with two attached hydrogens (primary N) is 3. The van der Waals surface area contributed by atoms with E-state index in [0.717, 1.165) is 0 Å². The number of aliphatic hydroxyl groups excluding tert-OH is 6. The van der Waals surface area contributed by atoms with Crippen molar-refractivity contribution in [2.45, 2.75) is 80.0 Å². The number of hydrogen-bond acceptors (Lipinski definition) is 12. The molecule has 1 heterocycles. The minimum absolute atomic E-state index is 0.0156. The fourth-order valence-corrected chi connectivity index (χ4v) is 3.52. The van der Waals surface area contributed by atoms with E-state index in [4.69, 9.17) is 26.7 Å². The van der Waals surface area contributed by atoms with Gasteiger partial charge in [-0.25, -0.2) is 0 Å². The number of rotatable bonds is 7. The molecular formula is C16H32N4O9. The molecule has 13 N–H and O–H groups in total. The van der Waals surface area contributed by atoms with Crippen LogP contribution in [0.15, 0.2) is 0 Å². The van der Waals surface area contributed by atoms with Crippen LogP contribution in [0.4, 0.5) is 0 Å². The van der Waals surface area contributed by atoms with Crippen LogP contribution in [0.5, 0.6) is 0 Å². The molecular weight excluding hydrogens is 392 g/mol. The summed E-state index contributed by atoms with van der Waals surface area (Å²) in [6.07, 6.45) is -12.8. The summed E-state index contributed by atoms with van der Waals surface area (Å²) < 4.78 is 10.9. The summed E-state index contributed by atoms with van der Waals surface area (Å²) in [5, 5.41) is 62.7. The van der Waals surface area contributed by atoms with Gasteiger partial charge < -0.3 is 62.6 Å². The predicted molar refractivity (Wildman–Crippen MR) is 96.8 cm³/mol. The van der Waals surface area contributed by atoms with E-state index in [1.807, 2.05) is 0 Å². The Morgan fingerprint density at radius 2 is 1.72 bits per heavy atom. The first kappa shape index (κ1) is 24.3. The molecule has 1 saturated carbocycles. The van der Waals surface area contributed by atoms with Crippen molar-refractivity contribution in [2.75, 3.05) is 13.1 Å². The lowest BCUT2D eigenvalue weighted by atomic mass is 9.84. The van der Waals surface area contributed by atoms with Gasteiger partial charge in [-0.3, -0.25) is 4.79 Å². The summed E-state index contributed by atoms with van der Waals surface area (Å²) in [6.45, 7) is -0.0696. The Bertz CT molecular complexity index is 543. The van der Waals surface area contributed by atoms with E-state index in [-0.39, 0.29) is 25.9 Å². The lowest BCUT2D eigenvalue weighted by molar-refractivity contribution is -0.318. The maximum atomic E-state index is 11.9. The summed E-state index contributed by atoms with van der Waals surface area (Å²) >= 11 is 0. The van der Waals surface area contributed by atoms with Crippen LogP contribution in [0.25, 0.3) is 0 Å². The van der Waals surface area contributed by atoms with Gasteiger partial charge >= 0.3 is 0 Å². The van der Waals surface area contributed by atoms with Gasteiger partial charge in [-0.15, -0.1) is 0 Å². The first-order chi connectivity index (χ1) is 13.6. The first-order valence-corrected chi connectivity index (χ1v) is 9.47. The Morgan fingerprint density at radius 3 is 2.31 bits per heavy atom. The molecule has 0 aromatic rings. The van der Waals surface area contributed by atoms with E-state index < -0.39 is 73.1 Å². The lowest BCUT2D eigenvalue weighted by Gasteiger charge is -2.46. The van der Waals surface area contributed by atoms with Crippen LogP contribution in [0.3, 0.4) is 0 Å². The smallest absolute Gasteiger partial charge is 0.249 e. The van der Waals surface area contributed by atoms with Gasteiger partial charge in [0.2, 0.25) is 5.91 Å². The van der Waals surface area contributed by atoms with Crippen LogP contribution in [0.2, 0.25) is 0 Å². The molecule has 2 rings (SSSR count). The van der Waals surface area contributed by atoms with E-state index in [2.05, 4.69) is 5.32 Å². The molecule has 0 bridgehead atoms. The highest BCUT2D eigenvalue weighted by atomic mass is 16.7. The molecule has 0 aromatic carbocycles. The van der Waals surface area contributed by atoms with E-state index >= 15 is 0 Å². The van der Waals surface area contributed by atoms with Crippen LogP contribution in [-0.2, 0) is 14.3 Å². The van der Waals surface area contributed by atoms with E-state index in [1.165, 1.54) is 0 Å². The predicted octanol–water partition coefficient (Wildman–Crippen LogP) is -6.21. The molecule has 1 aliphatic carbocycles. The molecule has 170 valence electrons. The van der Waals surface area contributed by atoms with Gasteiger partial charge in [0.05, 0.1) is 6.04 Å². The van der Waals surface area contributed by atoms with Crippen molar-refractivity contribution in [1.82, 2.24) is 5.32 Å². The second-order valence-electron chi connectivity index (χ2n) is 7.44. The van der Waals surface area contributed by atoms with E-state index in [9.17, 15) is 35.4 Å². The highest BCUT2D eigenvalue weighted by molar-refractivity contribution is 5.80. The molecule has 13 heteroatoms. The zero-order valence-corrected chi connectivity index (χ0v) is 15.8. The quantitative estimate of drug-likeness (QED) is 0.183. The number of ether oxygens (including phenoxy) is 2. The minimum Gasteiger partial charge on any atom is -0.388 e. The molecule has 13 nitrogen and oxygen atoms in total. The molecule has 1 amide bonds. The SMILES string of the molecule is NCC[C@H](O)C(=O)N[C@@H]1C[C@H](N)[C@@H](O[C@@H]2OC(CN)[C@@H](O)C(O)C2O)[C@H](O)[C@H]1O. The number of carbonyl (C=O) groups is 1. The second kappa shape index (κ2) is 10.4. The molecule has 29 heavy (non-hydrogen) atoms. The zero-order valence-electron chi connectivity index (χ0n) is 15.8. The van der Waals surface area contributed by atoms with Crippen molar-refractivity contribution >= 4 is 5.91 Å². The molecule has 3 unspecified atom stereocenters. The Balaban J connectivity index is 2.02. The number of amides is 1. The van der Waals surface area contributed by atoms with E-state index in [1.54, 1.807) is 0 Å². The summed E-state index contributed by atoms with van der Waals surface area (Å²) in [6, 6.07) is -1.86. The van der Waals surface area contributed by atoms with Crippen LogP contribution >= 0.6 is 0 Å². The van der Waals surface area contributed by atoms with Crippen molar-refractivity contribution in [2.24, 2.45) is 17.2 Å². The van der Waals surface area contributed by atoms with Crippen LogP contribution in [-0.4, -0.2) is 117 Å². The van der Waals surface area contributed by atoms with Gasteiger partial charge in [0, 0.05) is 12.6 Å². The molecule has 1 saturated heterocycles. The largest absolute Gasteiger partial charge is 0.388 e. The van der Waals surface area contributed by atoms with Gasteiger partial charge in [0.1, 0.15) is 48.8 Å². The third-order valence-corrected chi connectivity index (χ3v) is 5.31.